The quantitative estimate of drug-likeness (QED) is 0.393. The molecule has 0 aliphatic carbocycles. The van der Waals surface area contributed by atoms with Crippen LogP contribution in [-0.4, -0.2) is 11.0 Å². The van der Waals surface area contributed by atoms with E-state index in [0.717, 1.165) is 11.1 Å². The predicted octanol–water partition coefficient (Wildman–Crippen LogP) is 3.46. The highest BCUT2D eigenvalue weighted by Crippen LogP contribution is 2.22. The van der Waals surface area contributed by atoms with Gasteiger partial charge in [-0.25, -0.2) is 4.39 Å². The van der Waals surface area contributed by atoms with Crippen molar-refractivity contribution in [3.05, 3.63) is 63.9 Å². The summed E-state index contributed by atoms with van der Waals surface area (Å²) in [7, 11) is 0. The van der Waals surface area contributed by atoms with Gasteiger partial charge in [0, 0.05) is 11.6 Å². The molecule has 2 aromatic rings. The zero-order valence-corrected chi connectivity index (χ0v) is 12.1. The van der Waals surface area contributed by atoms with Gasteiger partial charge in [0.1, 0.15) is 18.2 Å². The average molecular weight is 309 g/mol. The summed E-state index contributed by atoms with van der Waals surface area (Å²) in [5.41, 5.74) is 7.99. The third kappa shape index (κ3) is 3.64. The van der Waals surface area contributed by atoms with E-state index >= 15 is 0 Å². The van der Waals surface area contributed by atoms with Gasteiger partial charge in [0.2, 0.25) is 0 Å². The second-order valence-electron chi connectivity index (χ2n) is 4.49. The average Bonchev–Trinajstić information content (AvgIpc) is 2.48. The Balaban J connectivity index is 2.11. The fourth-order valence-corrected chi connectivity index (χ4v) is 1.92. The van der Waals surface area contributed by atoms with E-state index in [9.17, 15) is 4.39 Å². The van der Waals surface area contributed by atoms with Crippen molar-refractivity contribution in [2.45, 2.75) is 13.5 Å². The summed E-state index contributed by atoms with van der Waals surface area (Å²) < 4.78 is 18.8. The molecule has 21 heavy (non-hydrogen) atoms. The molecule has 6 heteroatoms. The van der Waals surface area contributed by atoms with Crippen LogP contribution in [0.25, 0.3) is 0 Å². The summed E-state index contributed by atoms with van der Waals surface area (Å²) >= 11 is 5.61. The maximum Gasteiger partial charge on any atom is 0.170 e. The Morgan fingerprint density at radius 2 is 2.10 bits per heavy atom. The van der Waals surface area contributed by atoms with Gasteiger partial charge in [-0.15, -0.1) is 0 Å². The molecule has 110 valence electrons. The standard InChI is InChI=1S/C15H14ClFN2O2/c1-9-6-10(15(18)19-20)2-3-11(9)8-21-12-4-5-13(16)14(17)7-12/h2-7,20H,8H2,1H3,(H2,18,19). The Bertz CT molecular complexity index is 689. The fourth-order valence-electron chi connectivity index (χ4n) is 1.80. The maximum atomic E-state index is 13.3. The minimum absolute atomic E-state index is 0.0466. The summed E-state index contributed by atoms with van der Waals surface area (Å²) in [6.45, 7) is 2.17. The molecule has 0 atom stereocenters. The molecule has 0 spiro atoms. The highest BCUT2D eigenvalue weighted by molar-refractivity contribution is 6.30. The number of oxime groups is 1. The van der Waals surface area contributed by atoms with E-state index in [0.29, 0.717) is 11.3 Å². The lowest BCUT2D eigenvalue weighted by Crippen LogP contribution is -2.13. The first-order valence-electron chi connectivity index (χ1n) is 6.16. The molecule has 0 aliphatic heterocycles. The zero-order valence-electron chi connectivity index (χ0n) is 11.3. The van der Waals surface area contributed by atoms with Gasteiger partial charge in [-0.3, -0.25) is 0 Å². The lowest BCUT2D eigenvalue weighted by molar-refractivity contribution is 0.304. The molecule has 4 nitrogen and oxygen atoms in total. The fraction of sp³-hybridized carbons (Fsp3) is 0.133. The Kier molecular flexibility index (Phi) is 4.65. The number of halogens is 2. The van der Waals surface area contributed by atoms with Gasteiger partial charge in [0.15, 0.2) is 5.84 Å². The first-order valence-corrected chi connectivity index (χ1v) is 6.54. The number of nitrogens with zero attached hydrogens (tertiary/aromatic N) is 1. The molecule has 0 unspecified atom stereocenters. The summed E-state index contributed by atoms with van der Waals surface area (Å²) in [4.78, 5) is 0. The molecule has 0 aromatic heterocycles. The van der Waals surface area contributed by atoms with Crippen LogP contribution in [0.2, 0.25) is 5.02 Å². The molecule has 0 radical (unpaired) electrons. The van der Waals surface area contributed by atoms with E-state index in [-0.39, 0.29) is 17.5 Å². The Labute approximate surface area is 126 Å². The Morgan fingerprint density at radius 1 is 1.33 bits per heavy atom. The smallest absolute Gasteiger partial charge is 0.170 e. The van der Waals surface area contributed by atoms with Crippen LogP contribution in [0, 0.1) is 12.7 Å². The lowest BCUT2D eigenvalue weighted by atomic mass is 10.1. The molecule has 0 aliphatic rings. The van der Waals surface area contributed by atoms with Crippen LogP contribution in [0.3, 0.4) is 0 Å². The van der Waals surface area contributed by atoms with E-state index in [4.69, 9.17) is 27.3 Å². The van der Waals surface area contributed by atoms with Crippen LogP contribution in [0.4, 0.5) is 4.39 Å². The predicted molar refractivity (Wildman–Crippen MR) is 79.4 cm³/mol. The molecular formula is C15H14ClFN2O2. The number of rotatable bonds is 4. The molecule has 2 aromatic carbocycles. The van der Waals surface area contributed by atoms with Crippen LogP contribution in [0.15, 0.2) is 41.6 Å². The zero-order chi connectivity index (χ0) is 15.4. The molecule has 0 heterocycles. The van der Waals surface area contributed by atoms with Gasteiger partial charge >= 0.3 is 0 Å². The molecule has 2 rings (SSSR count). The van der Waals surface area contributed by atoms with Crippen molar-refractivity contribution in [3.63, 3.8) is 0 Å². The van der Waals surface area contributed by atoms with Gasteiger partial charge in [-0.05, 0) is 36.2 Å². The van der Waals surface area contributed by atoms with Crippen molar-refractivity contribution < 1.29 is 14.3 Å². The van der Waals surface area contributed by atoms with Gasteiger partial charge in [0.05, 0.1) is 5.02 Å². The summed E-state index contributed by atoms with van der Waals surface area (Å²) in [5, 5.41) is 11.6. The molecule has 0 amide bonds. The van der Waals surface area contributed by atoms with E-state index in [1.165, 1.54) is 12.1 Å². The molecule has 0 saturated heterocycles. The first kappa shape index (κ1) is 15.1. The number of hydrogen-bond acceptors (Lipinski definition) is 3. The molecule has 0 fully saturated rings. The normalized spacial score (nSPS) is 11.5. The number of ether oxygens (including phenoxy) is 1. The van der Waals surface area contributed by atoms with Crippen LogP contribution in [0.5, 0.6) is 5.75 Å². The SMILES string of the molecule is Cc1cc(/C(N)=N/O)ccc1COc1ccc(Cl)c(F)c1. The third-order valence-corrected chi connectivity index (χ3v) is 3.34. The largest absolute Gasteiger partial charge is 0.489 e. The van der Waals surface area contributed by atoms with Crippen molar-refractivity contribution >= 4 is 17.4 Å². The topological polar surface area (TPSA) is 67.8 Å². The summed E-state index contributed by atoms with van der Waals surface area (Å²) in [6.07, 6.45) is 0. The van der Waals surface area contributed by atoms with Gasteiger partial charge in [-0.2, -0.15) is 0 Å². The van der Waals surface area contributed by atoms with Crippen molar-refractivity contribution in [1.29, 1.82) is 0 Å². The van der Waals surface area contributed by atoms with E-state index in [1.807, 2.05) is 13.0 Å². The van der Waals surface area contributed by atoms with E-state index in [1.54, 1.807) is 18.2 Å². The summed E-state index contributed by atoms with van der Waals surface area (Å²) in [5.74, 6) is -0.0738. The lowest BCUT2D eigenvalue weighted by Gasteiger charge is -2.10. The van der Waals surface area contributed by atoms with Crippen LogP contribution in [0.1, 0.15) is 16.7 Å². The molecule has 0 saturated carbocycles. The second-order valence-corrected chi connectivity index (χ2v) is 4.90. The minimum atomic E-state index is -0.520. The van der Waals surface area contributed by atoms with Crippen LogP contribution < -0.4 is 10.5 Å². The maximum absolute atomic E-state index is 13.3. The van der Waals surface area contributed by atoms with Gasteiger partial charge < -0.3 is 15.7 Å². The van der Waals surface area contributed by atoms with Gasteiger partial charge in [-0.1, -0.05) is 28.9 Å². The summed E-state index contributed by atoms with van der Waals surface area (Å²) in [6, 6.07) is 9.61. The first-order chi connectivity index (χ1) is 10.0. The van der Waals surface area contributed by atoms with Crippen molar-refractivity contribution in [3.8, 4) is 5.75 Å². The van der Waals surface area contributed by atoms with Crippen molar-refractivity contribution in [2.24, 2.45) is 10.9 Å². The van der Waals surface area contributed by atoms with Crippen LogP contribution in [-0.2, 0) is 6.61 Å². The molecular weight excluding hydrogens is 295 g/mol. The monoisotopic (exact) mass is 308 g/mol. The number of amidine groups is 1. The van der Waals surface area contributed by atoms with Gasteiger partial charge in [0.25, 0.3) is 0 Å². The molecule has 3 N–H and O–H groups in total. The highest BCUT2D eigenvalue weighted by atomic mass is 35.5. The number of benzene rings is 2. The number of nitrogens with two attached hydrogens (primary N) is 1. The van der Waals surface area contributed by atoms with Crippen molar-refractivity contribution in [2.75, 3.05) is 0 Å². The third-order valence-electron chi connectivity index (χ3n) is 3.03. The number of aryl methyl sites for hydroxylation is 1. The Morgan fingerprint density at radius 3 is 2.71 bits per heavy atom. The Hall–Kier alpha value is -2.27. The van der Waals surface area contributed by atoms with Crippen LogP contribution >= 0.6 is 11.6 Å². The van der Waals surface area contributed by atoms with E-state index in [2.05, 4.69) is 5.16 Å². The van der Waals surface area contributed by atoms with Crippen molar-refractivity contribution in [1.82, 2.24) is 0 Å². The second kappa shape index (κ2) is 6.45. The van der Waals surface area contributed by atoms with E-state index < -0.39 is 5.82 Å². The highest BCUT2D eigenvalue weighted by Gasteiger charge is 2.06. The minimum Gasteiger partial charge on any atom is -0.489 e. The molecule has 0 bridgehead atoms. The number of hydrogen-bond donors (Lipinski definition) is 2.